The summed E-state index contributed by atoms with van der Waals surface area (Å²) in [6.45, 7) is 0.689. The van der Waals surface area contributed by atoms with Gasteiger partial charge in [0.2, 0.25) is 0 Å². The second-order valence-electron chi connectivity index (χ2n) is 4.59. The molecular weight excluding hydrogens is 270 g/mol. The summed E-state index contributed by atoms with van der Waals surface area (Å²) in [4.78, 5) is 24.7. The Morgan fingerprint density at radius 1 is 1.37 bits per heavy atom. The normalized spacial score (nSPS) is 19.2. The van der Waals surface area contributed by atoms with E-state index in [1.807, 2.05) is 0 Å². The average Bonchev–Trinajstić information content (AvgIpc) is 2.41. The second kappa shape index (κ2) is 5.48. The Bertz CT molecular complexity index is 517. The highest BCUT2D eigenvalue weighted by molar-refractivity contribution is 6.33. The number of benzene rings is 1. The van der Waals surface area contributed by atoms with Crippen LogP contribution in [0.5, 0.6) is 5.75 Å². The van der Waals surface area contributed by atoms with Crippen molar-refractivity contribution in [2.75, 3.05) is 13.1 Å². The van der Waals surface area contributed by atoms with Crippen LogP contribution in [0.3, 0.4) is 0 Å². The Hall–Kier alpha value is -1.75. The lowest BCUT2D eigenvalue weighted by molar-refractivity contribution is -0.143. The van der Waals surface area contributed by atoms with E-state index in [2.05, 4.69) is 0 Å². The van der Waals surface area contributed by atoms with Gasteiger partial charge in [-0.15, -0.1) is 0 Å². The predicted molar refractivity (Wildman–Crippen MR) is 69.4 cm³/mol. The van der Waals surface area contributed by atoms with Crippen molar-refractivity contribution < 1.29 is 19.8 Å². The number of rotatable bonds is 2. The number of aromatic hydroxyl groups is 1. The number of aliphatic carboxylic acids is 1. The molecule has 1 aromatic carbocycles. The first-order chi connectivity index (χ1) is 8.99. The Balaban J connectivity index is 2.19. The number of hydrogen-bond acceptors (Lipinski definition) is 3. The first kappa shape index (κ1) is 13.7. The molecule has 2 rings (SSSR count). The van der Waals surface area contributed by atoms with Gasteiger partial charge in [0.25, 0.3) is 5.91 Å². The molecule has 19 heavy (non-hydrogen) atoms. The van der Waals surface area contributed by atoms with Crippen LogP contribution in [-0.2, 0) is 4.79 Å². The lowest BCUT2D eigenvalue weighted by Crippen LogP contribution is -2.42. The van der Waals surface area contributed by atoms with Gasteiger partial charge < -0.3 is 15.1 Å². The highest BCUT2D eigenvalue weighted by atomic mass is 35.5. The third-order valence-corrected chi connectivity index (χ3v) is 3.57. The first-order valence-electron chi connectivity index (χ1n) is 5.99. The number of halogens is 1. The van der Waals surface area contributed by atoms with Crippen molar-refractivity contribution in [2.24, 2.45) is 5.92 Å². The molecule has 6 heteroatoms. The number of carbonyl (C=O) groups is 2. The molecule has 1 atom stereocenters. The molecule has 1 heterocycles. The standard InChI is InChI=1S/C13H14ClNO4/c14-11-4-3-9(16)6-10(11)12(17)15-5-1-2-8(7-15)13(18)19/h3-4,6,8,16H,1-2,5,7H2,(H,18,19)/t8-/m1/s1. The van der Waals surface area contributed by atoms with Crippen molar-refractivity contribution in [1.29, 1.82) is 0 Å². The van der Waals surface area contributed by atoms with Crippen LogP contribution in [0.15, 0.2) is 18.2 Å². The molecule has 0 aromatic heterocycles. The molecular formula is C13H14ClNO4. The van der Waals surface area contributed by atoms with Gasteiger partial charge in [-0.25, -0.2) is 0 Å². The largest absolute Gasteiger partial charge is 0.508 e. The number of carboxylic acids is 1. The molecule has 1 saturated heterocycles. The molecule has 1 amide bonds. The smallest absolute Gasteiger partial charge is 0.308 e. The number of phenolic OH excluding ortho intramolecular Hbond substituents is 1. The van der Waals surface area contributed by atoms with Gasteiger partial charge in [0.1, 0.15) is 5.75 Å². The van der Waals surface area contributed by atoms with E-state index in [1.165, 1.54) is 23.1 Å². The van der Waals surface area contributed by atoms with Gasteiger partial charge >= 0.3 is 5.97 Å². The van der Waals surface area contributed by atoms with E-state index in [0.29, 0.717) is 19.4 Å². The van der Waals surface area contributed by atoms with Crippen molar-refractivity contribution in [2.45, 2.75) is 12.8 Å². The van der Waals surface area contributed by atoms with Crippen LogP contribution in [0.2, 0.25) is 5.02 Å². The zero-order valence-electron chi connectivity index (χ0n) is 10.2. The number of likely N-dealkylation sites (tertiary alicyclic amines) is 1. The molecule has 2 N–H and O–H groups in total. The highest BCUT2D eigenvalue weighted by Crippen LogP contribution is 2.25. The van der Waals surface area contributed by atoms with E-state index < -0.39 is 11.9 Å². The predicted octanol–water partition coefficient (Wildman–Crippen LogP) is 1.98. The minimum Gasteiger partial charge on any atom is -0.508 e. The van der Waals surface area contributed by atoms with Crippen molar-refractivity contribution in [3.63, 3.8) is 0 Å². The summed E-state index contributed by atoms with van der Waals surface area (Å²) in [5, 5.41) is 18.7. The lowest BCUT2D eigenvalue weighted by atomic mass is 9.97. The topological polar surface area (TPSA) is 77.8 Å². The number of nitrogens with zero attached hydrogens (tertiary/aromatic N) is 1. The lowest BCUT2D eigenvalue weighted by Gasteiger charge is -2.31. The fraction of sp³-hybridized carbons (Fsp3) is 0.385. The Labute approximate surface area is 115 Å². The quantitative estimate of drug-likeness (QED) is 0.870. The summed E-state index contributed by atoms with van der Waals surface area (Å²) in [6.07, 6.45) is 1.23. The number of piperidine rings is 1. The maximum Gasteiger partial charge on any atom is 0.308 e. The molecule has 0 radical (unpaired) electrons. The molecule has 1 fully saturated rings. The molecule has 1 aliphatic rings. The molecule has 0 spiro atoms. The van der Waals surface area contributed by atoms with Crippen LogP contribution in [0.4, 0.5) is 0 Å². The molecule has 1 aliphatic heterocycles. The summed E-state index contributed by atoms with van der Waals surface area (Å²) < 4.78 is 0. The van der Waals surface area contributed by atoms with Gasteiger partial charge in [-0.05, 0) is 31.0 Å². The number of carbonyl (C=O) groups excluding carboxylic acids is 1. The van der Waals surface area contributed by atoms with E-state index in [1.54, 1.807) is 0 Å². The number of phenols is 1. The van der Waals surface area contributed by atoms with E-state index in [-0.39, 0.29) is 28.8 Å². The van der Waals surface area contributed by atoms with Crippen LogP contribution in [0.1, 0.15) is 23.2 Å². The van der Waals surface area contributed by atoms with Gasteiger partial charge in [0.15, 0.2) is 0 Å². The Morgan fingerprint density at radius 2 is 2.11 bits per heavy atom. The van der Waals surface area contributed by atoms with Gasteiger partial charge in [0, 0.05) is 13.1 Å². The van der Waals surface area contributed by atoms with Crippen LogP contribution in [-0.4, -0.2) is 40.1 Å². The van der Waals surface area contributed by atoms with Crippen LogP contribution < -0.4 is 0 Å². The van der Waals surface area contributed by atoms with Gasteiger partial charge in [0.05, 0.1) is 16.5 Å². The molecule has 0 saturated carbocycles. The van der Waals surface area contributed by atoms with Crippen LogP contribution >= 0.6 is 11.6 Å². The minimum absolute atomic E-state index is 0.0421. The maximum absolute atomic E-state index is 12.3. The second-order valence-corrected chi connectivity index (χ2v) is 5.00. The molecule has 5 nitrogen and oxygen atoms in total. The summed E-state index contributed by atoms with van der Waals surface area (Å²) in [5.41, 5.74) is 0.202. The molecule has 0 unspecified atom stereocenters. The molecule has 1 aromatic rings. The fourth-order valence-electron chi connectivity index (χ4n) is 2.21. The molecule has 102 valence electrons. The highest BCUT2D eigenvalue weighted by Gasteiger charge is 2.29. The Kier molecular flexibility index (Phi) is 3.95. The third-order valence-electron chi connectivity index (χ3n) is 3.24. The number of carboxylic acid groups (broad SMARTS) is 1. The summed E-state index contributed by atoms with van der Waals surface area (Å²) in [6, 6.07) is 4.15. The van der Waals surface area contributed by atoms with Gasteiger partial charge in [-0.3, -0.25) is 9.59 Å². The SMILES string of the molecule is O=C(O)[C@@H]1CCCN(C(=O)c2cc(O)ccc2Cl)C1. The summed E-state index contributed by atoms with van der Waals surface area (Å²) in [7, 11) is 0. The van der Waals surface area contributed by atoms with Gasteiger partial charge in [-0.1, -0.05) is 11.6 Å². The van der Waals surface area contributed by atoms with E-state index in [9.17, 15) is 14.7 Å². The maximum atomic E-state index is 12.3. The van der Waals surface area contributed by atoms with Gasteiger partial charge in [-0.2, -0.15) is 0 Å². The summed E-state index contributed by atoms with van der Waals surface area (Å²) in [5.74, 6) is -1.81. The fourth-order valence-corrected chi connectivity index (χ4v) is 2.41. The molecule has 0 aliphatic carbocycles. The van der Waals surface area contributed by atoms with E-state index in [0.717, 1.165) is 0 Å². The zero-order valence-corrected chi connectivity index (χ0v) is 10.9. The zero-order chi connectivity index (χ0) is 14.0. The Morgan fingerprint density at radius 3 is 2.79 bits per heavy atom. The van der Waals surface area contributed by atoms with Crippen molar-refractivity contribution in [1.82, 2.24) is 4.90 Å². The van der Waals surface area contributed by atoms with E-state index in [4.69, 9.17) is 16.7 Å². The first-order valence-corrected chi connectivity index (χ1v) is 6.37. The average molecular weight is 284 g/mol. The van der Waals surface area contributed by atoms with E-state index >= 15 is 0 Å². The number of amides is 1. The van der Waals surface area contributed by atoms with Crippen molar-refractivity contribution in [3.05, 3.63) is 28.8 Å². The number of hydrogen-bond donors (Lipinski definition) is 2. The third kappa shape index (κ3) is 2.98. The van der Waals surface area contributed by atoms with Crippen molar-refractivity contribution >= 4 is 23.5 Å². The molecule has 0 bridgehead atoms. The van der Waals surface area contributed by atoms with Crippen LogP contribution in [0, 0.1) is 5.92 Å². The monoisotopic (exact) mass is 283 g/mol. The summed E-state index contributed by atoms with van der Waals surface area (Å²) >= 11 is 5.93. The van der Waals surface area contributed by atoms with Crippen molar-refractivity contribution in [3.8, 4) is 5.75 Å². The minimum atomic E-state index is -0.889. The van der Waals surface area contributed by atoms with Crippen LogP contribution in [0.25, 0.3) is 0 Å².